The van der Waals surface area contributed by atoms with Crippen LogP contribution < -0.4 is 24.2 Å². The number of rotatable bonds is 9. The van der Waals surface area contributed by atoms with Gasteiger partial charge in [0.05, 0.1) is 29.5 Å². The van der Waals surface area contributed by atoms with E-state index in [1.54, 1.807) is 31.2 Å². The van der Waals surface area contributed by atoms with Gasteiger partial charge in [0.1, 0.15) is 0 Å². The average molecular weight is 498 g/mol. The van der Waals surface area contributed by atoms with Gasteiger partial charge in [-0.1, -0.05) is 0 Å². The molecule has 180 valence electrons. The van der Waals surface area contributed by atoms with Gasteiger partial charge >= 0.3 is 0 Å². The van der Waals surface area contributed by atoms with Crippen molar-refractivity contribution in [2.75, 3.05) is 35.6 Å². The second-order valence-corrected chi connectivity index (χ2v) is 11.2. The van der Waals surface area contributed by atoms with Gasteiger partial charge in [-0.15, -0.1) is 0 Å². The summed E-state index contributed by atoms with van der Waals surface area (Å²) in [6.45, 7) is 4.09. The van der Waals surface area contributed by atoms with Crippen LogP contribution in [0.2, 0.25) is 0 Å². The molecule has 3 rings (SSSR count). The van der Waals surface area contributed by atoms with E-state index in [4.69, 9.17) is 9.47 Å². The van der Waals surface area contributed by atoms with Crippen molar-refractivity contribution in [1.82, 2.24) is 4.72 Å². The van der Waals surface area contributed by atoms with Crippen LogP contribution in [-0.4, -0.2) is 48.3 Å². The Kier molecular flexibility index (Phi) is 7.82. The topological polar surface area (TPSA) is 140 Å². The van der Waals surface area contributed by atoms with Crippen LogP contribution in [0.25, 0.3) is 0 Å². The van der Waals surface area contributed by atoms with Crippen LogP contribution in [0.4, 0.5) is 11.4 Å². The number of hydrogen-bond donors (Lipinski definition) is 3. The molecule has 1 aliphatic rings. The molecule has 2 aromatic rings. The van der Waals surface area contributed by atoms with Crippen LogP contribution in [0.5, 0.6) is 11.5 Å². The molecule has 1 amide bonds. The normalized spacial score (nSPS) is 13.8. The summed E-state index contributed by atoms with van der Waals surface area (Å²) in [4.78, 5) is 12.3. The number of aryl methyl sites for hydroxylation is 1. The molecule has 1 aliphatic heterocycles. The van der Waals surface area contributed by atoms with E-state index in [1.165, 1.54) is 19.1 Å². The molecule has 10 nitrogen and oxygen atoms in total. The van der Waals surface area contributed by atoms with Gasteiger partial charge in [0, 0.05) is 31.1 Å². The van der Waals surface area contributed by atoms with Crippen molar-refractivity contribution in [3.8, 4) is 11.5 Å². The molecule has 0 atom stereocenters. The highest BCUT2D eigenvalue weighted by molar-refractivity contribution is 7.92. The van der Waals surface area contributed by atoms with Gasteiger partial charge in [-0.2, -0.15) is 0 Å². The third kappa shape index (κ3) is 6.83. The van der Waals surface area contributed by atoms with Gasteiger partial charge in [0.25, 0.3) is 0 Å². The molecule has 2 aromatic carbocycles. The molecule has 0 saturated carbocycles. The number of anilines is 2. The van der Waals surface area contributed by atoms with Gasteiger partial charge < -0.3 is 14.8 Å². The van der Waals surface area contributed by atoms with Gasteiger partial charge in [0.2, 0.25) is 26.0 Å². The first-order valence-corrected chi connectivity index (χ1v) is 13.5. The third-order valence-corrected chi connectivity index (χ3v) is 7.58. The lowest BCUT2D eigenvalue weighted by Gasteiger charge is -2.12. The largest absolute Gasteiger partial charge is 0.490 e. The minimum atomic E-state index is -3.84. The SMILES string of the molecule is CCS(=O)(=O)Nc1ccc(NC(=O)CCNS(=O)(=O)c2ccc3c(c2)OCCCO3)cc1C. The number of benzene rings is 2. The summed E-state index contributed by atoms with van der Waals surface area (Å²) in [6, 6.07) is 9.14. The fourth-order valence-corrected chi connectivity index (χ4v) is 4.77. The Hall–Kier alpha value is -2.83. The maximum Gasteiger partial charge on any atom is 0.240 e. The fourth-order valence-electron chi connectivity index (χ4n) is 3.01. The van der Waals surface area contributed by atoms with Crippen molar-refractivity contribution >= 4 is 37.3 Å². The third-order valence-electron chi connectivity index (χ3n) is 4.83. The van der Waals surface area contributed by atoms with Crippen LogP contribution in [0, 0.1) is 6.92 Å². The zero-order valence-corrected chi connectivity index (χ0v) is 20.0. The number of hydrogen-bond acceptors (Lipinski definition) is 7. The summed E-state index contributed by atoms with van der Waals surface area (Å²) in [5, 5.41) is 2.67. The highest BCUT2D eigenvalue weighted by Crippen LogP contribution is 2.31. The highest BCUT2D eigenvalue weighted by Gasteiger charge is 2.19. The zero-order chi connectivity index (χ0) is 24.1. The quantitative estimate of drug-likeness (QED) is 0.483. The Bertz CT molecular complexity index is 1230. The van der Waals surface area contributed by atoms with E-state index < -0.39 is 26.0 Å². The Labute approximate surface area is 193 Å². The zero-order valence-electron chi connectivity index (χ0n) is 18.4. The summed E-state index contributed by atoms with van der Waals surface area (Å²) in [7, 11) is -7.24. The molecule has 0 unspecified atom stereocenters. The van der Waals surface area contributed by atoms with E-state index in [0.717, 1.165) is 0 Å². The van der Waals surface area contributed by atoms with Crippen molar-refractivity contribution in [3.63, 3.8) is 0 Å². The number of amides is 1. The van der Waals surface area contributed by atoms with E-state index in [0.29, 0.717) is 48.1 Å². The molecule has 12 heteroatoms. The standard InChI is InChI=1S/C21H27N3O7S2/c1-3-32(26,27)24-18-7-5-16(13-15(18)2)23-21(25)9-10-22-33(28,29)17-6-8-19-20(14-17)31-12-4-11-30-19/h5-8,13-14,22,24H,3-4,9-12H2,1-2H3,(H,23,25). The molecule has 0 aliphatic carbocycles. The lowest BCUT2D eigenvalue weighted by atomic mass is 10.2. The molecule has 1 heterocycles. The van der Waals surface area contributed by atoms with Gasteiger partial charge in [-0.3, -0.25) is 9.52 Å². The van der Waals surface area contributed by atoms with Gasteiger partial charge in [0.15, 0.2) is 11.5 Å². The highest BCUT2D eigenvalue weighted by atomic mass is 32.2. The first-order chi connectivity index (χ1) is 15.6. The van der Waals surface area contributed by atoms with Gasteiger partial charge in [-0.25, -0.2) is 21.6 Å². The average Bonchev–Trinajstić information content (AvgIpc) is 3.00. The number of sulfonamides is 2. The van der Waals surface area contributed by atoms with E-state index in [9.17, 15) is 21.6 Å². The van der Waals surface area contributed by atoms with Crippen molar-refractivity contribution in [2.45, 2.75) is 31.6 Å². The smallest absolute Gasteiger partial charge is 0.240 e. The Morgan fingerprint density at radius 3 is 2.42 bits per heavy atom. The molecule has 0 saturated heterocycles. The predicted octanol–water partition coefficient (Wildman–Crippen LogP) is 2.23. The summed E-state index contributed by atoms with van der Waals surface area (Å²) >= 11 is 0. The molecule has 33 heavy (non-hydrogen) atoms. The number of ether oxygens (including phenoxy) is 2. The van der Waals surface area contributed by atoms with Crippen LogP contribution in [0.15, 0.2) is 41.3 Å². The van der Waals surface area contributed by atoms with E-state index in [-0.39, 0.29) is 23.6 Å². The molecular weight excluding hydrogens is 470 g/mol. The van der Waals surface area contributed by atoms with E-state index in [1.807, 2.05) is 0 Å². The summed E-state index contributed by atoms with van der Waals surface area (Å²) in [5.74, 6) is 0.424. The lowest BCUT2D eigenvalue weighted by molar-refractivity contribution is -0.116. The van der Waals surface area contributed by atoms with Crippen LogP contribution >= 0.6 is 0 Å². The van der Waals surface area contributed by atoms with Crippen LogP contribution in [0.1, 0.15) is 25.3 Å². The Morgan fingerprint density at radius 2 is 1.73 bits per heavy atom. The van der Waals surface area contributed by atoms with Crippen molar-refractivity contribution in [3.05, 3.63) is 42.0 Å². The maximum absolute atomic E-state index is 12.6. The molecule has 3 N–H and O–H groups in total. The first-order valence-electron chi connectivity index (χ1n) is 10.4. The fraction of sp³-hybridized carbons (Fsp3) is 0.381. The second-order valence-electron chi connectivity index (χ2n) is 7.39. The molecule has 0 radical (unpaired) electrons. The number of carbonyl (C=O) groups excluding carboxylic acids is 1. The molecule has 0 bridgehead atoms. The molecule has 0 spiro atoms. The summed E-state index contributed by atoms with van der Waals surface area (Å²) < 4.78 is 64.5. The molecule has 0 aromatic heterocycles. The summed E-state index contributed by atoms with van der Waals surface area (Å²) in [5.41, 5.74) is 1.54. The van der Waals surface area contributed by atoms with Gasteiger partial charge in [-0.05, 0) is 49.7 Å². The molecule has 0 fully saturated rings. The second kappa shape index (κ2) is 10.4. The van der Waals surface area contributed by atoms with Crippen LogP contribution in [-0.2, 0) is 24.8 Å². The molecular formula is C21H27N3O7S2. The monoisotopic (exact) mass is 497 g/mol. The Balaban J connectivity index is 1.55. The predicted molar refractivity (Wildman–Crippen MR) is 125 cm³/mol. The minimum absolute atomic E-state index is 0.0212. The minimum Gasteiger partial charge on any atom is -0.490 e. The first kappa shape index (κ1) is 24.8. The maximum atomic E-state index is 12.6. The Morgan fingerprint density at radius 1 is 1.00 bits per heavy atom. The van der Waals surface area contributed by atoms with Crippen molar-refractivity contribution in [2.24, 2.45) is 0 Å². The van der Waals surface area contributed by atoms with Crippen molar-refractivity contribution in [1.29, 1.82) is 0 Å². The van der Waals surface area contributed by atoms with E-state index in [2.05, 4.69) is 14.8 Å². The van der Waals surface area contributed by atoms with Crippen molar-refractivity contribution < 1.29 is 31.1 Å². The number of fused-ring (bicyclic) bond motifs is 1. The lowest BCUT2D eigenvalue weighted by Crippen LogP contribution is -2.28. The van der Waals surface area contributed by atoms with E-state index >= 15 is 0 Å². The summed E-state index contributed by atoms with van der Waals surface area (Å²) in [6.07, 6.45) is 0.619. The number of carbonyl (C=O) groups is 1. The number of nitrogens with one attached hydrogen (secondary N) is 3. The van der Waals surface area contributed by atoms with Crippen LogP contribution in [0.3, 0.4) is 0 Å².